The van der Waals surface area contributed by atoms with E-state index < -0.39 is 5.97 Å². The average molecular weight is 348 g/mol. The van der Waals surface area contributed by atoms with Crippen LogP contribution >= 0.6 is 23.2 Å². The van der Waals surface area contributed by atoms with Crippen LogP contribution in [0.25, 0.3) is 22.6 Å². The number of aryl methyl sites for hydroxylation is 1. The van der Waals surface area contributed by atoms with Gasteiger partial charge < -0.3 is 9.67 Å². The molecule has 3 rings (SSSR count). The summed E-state index contributed by atoms with van der Waals surface area (Å²) in [7, 11) is 1.84. The average Bonchev–Trinajstić information content (AvgIpc) is 2.92. The maximum atomic E-state index is 11.1. The molecule has 0 radical (unpaired) electrons. The van der Waals surface area contributed by atoms with Crippen LogP contribution in [0.5, 0.6) is 0 Å². The van der Waals surface area contributed by atoms with E-state index in [1.165, 1.54) is 18.3 Å². The molecule has 0 fully saturated rings. The number of carbonyl (C=O) groups is 1. The number of pyridine rings is 1. The predicted molar refractivity (Wildman–Crippen MR) is 88.9 cm³/mol. The number of carboxylic acid groups (broad SMARTS) is 1. The van der Waals surface area contributed by atoms with Gasteiger partial charge in [-0.25, -0.2) is 9.78 Å². The number of rotatable bonds is 3. The third kappa shape index (κ3) is 2.93. The SMILES string of the molecule is Cn1cnc(-c2cc(C(=O)O)ccn2)c1-c1ccc(Cl)c(Cl)c1. The minimum atomic E-state index is -1.01. The molecule has 0 aliphatic heterocycles. The van der Waals surface area contributed by atoms with Crippen molar-refractivity contribution in [2.45, 2.75) is 0 Å². The minimum Gasteiger partial charge on any atom is -0.478 e. The zero-order valence-electron chi connectivity index (χ0n) is 12.0. The zero-order valence-corrected chi connectivity index (χ0v) is 13.5. The number of nitrogens with zero attached hydrogens (tertiary/aromatic N) is 3. The van der Waals surface area contributed by atoms with Gasteiger partial charge in [-0.2, -0.15) is 0 Å². The van der Waals surface area contributed by atoms with Crippen molar-refractivity contribution in [3.05, 3.63) is 58.5 Å². The van der Waals surface area contributed by atoms with Crippen LogP contribution in [0.4, 0.5) is 0 Å². The van der Waals surface area contributed by atoms with Crippen LogP contribution in [-0.4, -0.2) is 25.6 Å². The van der Waals surface area contributed by atoms with Crippen molar-refractivity contribution in [2.24, 2.45) is 7.05 Å². The molecule has 0 atom stereocenters. The second kappa shape index (κ2) is 6.02. The van der Waals surface area contributed by atoms with Crippen molar-refractivity contribution < 1.29 is 9.90 Å². The molecule has 0 aliphatic carbocycles. The van der Waals surface area contributed by atoms with Crippen molar-refractivity contribution in [3.8, 4) is 22.6 Å². The monoisotopic (exact) mass is 347 g/mol. The number of hydrogen-bond donors (Lipinski definition) is 1. The quantitative estimate of drug-likeness (QED) is 0.772. The van der Waals surface area contributed by atoms with Crippen molar-refractivity contribution in [1.29, 1.82) is 0 Å². The van der Waals surface area contributed by atoms with Gasteiger partial charge in [0, 0.05) is 18.8 Å². The van der Waals surface area contributed by atoms with Crippen LogP contribution in [0.15, 0.2) is 42.9 Å². The van der Waals surface area contributed by atoms with E-state index in [4.69, 9.17) is 28.3 Å². The molecular formula is C16H11Cl2N3O2. The third-order valence-corrected chi connectivity index (χ3v) is 4.12. The maximum absolute atomic E-state index is 11.1. The summed E-state index contributed by atoms with van der Waals surface area (Å²) < 4.78 is 1.82. The summed E-state index contributed by atoms with van der Waals surface area (Å²) >= 11 is 12.1. The summed E-state index contributed by atoms with van der Waals surface area (Å²) in [6.07, 6.45) is 3.09. The van der Waals surface area contributed by atoms with Crippen molar-refractivity contribution in [1.82, 2.24) is 14.5 Å². The van der Waals surface area contributed by atoms with Gasteiger partial charge in [0.1, 0.15) is 5.69 Å². The van der Waals surface area contributed by atoms with Gasteiger partial charge in [0.25, 0.3) is 0 Å². The maximum Gasteiger partial charge on any atom is 0.335 e. The Kier molecular flexibility index (Phi) is 4.07. The molecule has 2 aromatic heterocycles. The summed E-state index contributed by atoms with van der Waals surface area (Å²) in [6.45, 7) is 0. The smallest absolute Gasteiger partial charge is 0.335 e. The highest BCUT2D eigenvalue weighted by atomic mass is 35.5. The molecular weight excluding hydrogens is 337 g/mol. The number of hydrogen-bond acceptors (Lipinski definition) is 3. The Labute approximate surface area is 142 Å². The third-order valence-electron chi connectivity index (χ3n) is 3.38. The molecule has 0 amide bonds. The van der Waals surface area contributed by atoms with Gasteiger partial charge in [0.05, 0.1) is 33.3 Å². The van der Waals surface area contributed by atoms with E-state index >= 15 is 0 Å². The lowest BCUT2D eigenvalue weighted by molar-refractivity contribution is 0.0697. The Morgan fingerprint density at radius 1 is 1.13 bits per heavy atom. The fourth-order valence-electron chi connectivity index (χ4n) is 2.29. The van der Waals surface area contributed by atoms with E-state index in [0.29, 0.717) is 21.4 Å². The fraction of sp³-hybridized carbons (Fsp3) is 0.0625. The van der Waals surface area contributed by atoms with Crippen molar-refractivity contribution >= 4 is 29.2 Å². The second-order valence-corrected chi connectivity index (χ2v) is 5.73. The Morgan fingerprint density at radius 2 is 1.91 bits per heavy atom. The normalized spacial score (nSPS) is 10.7. The molecule has 2 heterocycles. The number of benzene rings is 1. The predicted octanol–water partition coefficient (Wildman–Crippen LogP) is 4.15. The fourth-order valence-corrected chi connectivity index (χ4v) is 2.59. The van der Waals surface area contributed by atoms with Crippen molar-refractivity contribution in [2.75, 3.05) is 0 Å². The minimum absolute atomic E-state index is 0.153. The summed E-state index contributed by atoms with van der Waals surface area (Å²) in [5.74, 6) is -1.01. The van der Waals surface area contributed by atoms with E-state index in [0.717, 1.165) is 11.3 Å². The number of aromatic carboxylic acids is 1. The highest BCUT2D eigenvalue weighted by Crippen LogP contribution is 2.33. The first-order valence-electron chi connectivity index (χ1n) is 6.64. The van der Waals surface area contributed by atoms with Gasteiger partial charge >= 0.3 is 5.97 Å². The first kappa shape index (κ1) is 15.5. The lowest BCUT2D eigenvalue weighted by atomic mass is 10.1. The molecule has 1 N–H and O–H groups in total. The molecule has 0 saturated heterocycles. The van der Waals surface area contributed by atoms with Crippen molar-refractivity contribution in [3.63, 3.8) is 0 Å². The molecule has 7 heteroatoms. The molecule has 23 heavy (non-hydrogen) atoms. The highest BCUT2D eigenvalue weighted by molar-refractivity contribution is 6.42. The van der Waals surface area contributed by atoms with E-state index in [1.807, 2.05) is 17.7 Å². The molecule has 0 spiro atoms. The molecule has 0 bridgehead atoms. The zero-order chi connectivity index (χ0) is 16.6. The molecule has 0 saturated carbocycles. The van der Waals surface area contributed by atoms with Gasteiger partial charge in [-0.1, -0.05) is 29.3 Å². The second-order valence-electron chi connectivity index (χ2n) is 4.92. The standard InChI is InChI=1S/C16H11Cl2N3O2/c1-21-8-20-14(13-7-10(16(22)23)4-5-19-13)15(21)9-2-3-11(17)12(18)6-9/h2-8H,1H3,(H,22,23). The Hall–Kier alpha value is -2.37. The van der Waals surface area contributed by atoms with E-state index in [1.54, 1.807) is 18.5 Å². The molecule has 3 aromatic rings. The van der Waals surface area contributed by atoms with Gasteiger partial charge in [-0.05, 0) is 24.3 Å². The Balaban J connectivity index is 2.17. The number of halogens is 2. The highest BCUT2D eigenvalue weighted by Gasteiger charge is 2.16. The molecule has 0 aliphatic rings. The lowest BCUT2D eigenvalue weighted by Gasteiger charge is -2.08. The van der Waals surface area contributed by atoms with Crippen LogP contribution in [0, 0.1) is 0 Å². The first-order valence-corrected chi connectivity index (χ1v) is 7.39. The van der Waals surface area contributed by atoms with Gasteiger partial charge in [-0.15, -0.1) is 0 Å². The van der Waals surface area contributed by atoms with E-state index in [-0.39, 0.29) is 5.56 Å². The van der Waals surface area contributed by atoms with Gasteiger partial charge in [0.15, 0.2) is 0 Å². The van der Waals surface area contributed by atoms with Crippen LogP contribution in [0.3, 0.4) is 0 Å². The van der Waals surface area contributed by atoms with Crippen LogP contribution in [0.2, 0.25) is 10.0 Å². The van der Waals surface area contributed by atoms with Gasteiger partial charge in [-0.3, -0.25) is 4.98 Å². The number of carboxylic acids is 1. The van der Waals surface area contributed by atoms with E-state index in [9.17, 15) is 4.79 Å². The summed E-state index contributed by atoms with van der Waals surface area (Å²) in [6, 6.07) is 8.21. The molecule has 1 aromatic carbocycles. The number of imidazole rings is 1. The first-order chi connectivity index (χ1) is 11.0. The summed E-state index contributed by atoms with van der Waals surface area (Å²) in [5.41, 5.74) is 2.80. The summed E-state index contributed by atoms with van der Waals surface area (Å²) in [4.78, 5) is 19.7. The van der Waals surface area contributed by atoms with E-state index in [2.05, 4.69) is 9.97 Å². The Bertz CT molecular complexity index is 906. The molecule has 5 nitrogen and oxygen atoms in total. The Morgan fingerprint density at radius 3 is 2.61 bits per heavy atom. The topological polar surface area (TPSA) is 68.0 Å². The molecule has 116 valence electrons. The number of aromatic nitrogens is 3. The van der Waals surface area contributed by atoms with Crippen LogP contribution in [0.1, 0.15) is 10.4 Å². The van der Waals surface area contributed by atoms with Crippen LogP contribution in [-0.2, 0) is 7.05 Å². The largest absolute Gasteiger partial charge is 0.478 e. The summed E-state index contributed by atoms with van der Waals surface area (Å²) in [5, 5.41) is 10.0. The lowest BCUT2D eigenvalue weighted by Crippen LogP contribution is -1.98. The van der Waals surface area contributed by atoms with Crippen LogP contribution < -0.4 is 0 Å². The molecule has 0 unspecified atom stereocenters. The van der Waals surface area contributed by atoms with Gasteiger partial charge in [0.2, 0.25) is 0 Å².